The van der Waals surface area contributed by atoms with E-state index in [4.69, 9.17) is 16.0 Å². The molecule has 0 aliphatic carbocycles. The Morgan fingerprint density at radius 3 is 2.39 bits per heavy atom. The lowest BCUT2D eigenvalue weighted by Gasteiger charge is -2.12. The molecule has 3 aromatic carbocycles. The van der Waals surface area contributed by atoms with E-state index in [1.165, 1.54) is 17.0 Å². The van der Waals surface area contributed by atoms with Gasteiger partial charge in [0.05, 0.1) is 28.4 Å². The molecular weight excluding hydrogens is 666 g/mol. The summed E-state index contributed by atoms with van der Waals surface area (Å²) in [5.41, 5.74) is 2.80. The number of hydrogen-bond donors (Lipinski definition) is 2. The summed E-state index contributed by atoms with van der Waals surface area (Å²) in [6.45, 7) is 5.93. The molecule has 256 valence electrons. The lowest BCUT2D eigenvalue weighted by atomic mass is 10.0. The van der Waals surface area contributed by atoms with Crippen LogP contribution in [0, 0.1) is 6.92 Å². The number of halogens is 1. The normalized spacial score (nSPS) is 11.4. The zero-order chi connectivity index (χ0) is 35.1. The fraction of sp³-hybridized carbons (Fsp3) is 0.278. The largest absolute Gasteiger partial charge is 0.459 e. The van der Waals surface area contributed by atoms with Crippen LogP contribution in [0.1, 0.15) is 73.5 Å². The lowest BCUT2D eigenvalue weighted by Crippen LogP contribution is -2.31. The van der Waals surface area contributed by atoms with E-state index in [1.54, 1.807) is 66.1 Å². The van der Waals surface area contributed by atoms with Gasteiger partial charge < -0.3 is 9.73 Å². The van der Waals surface area contributed by atoms with Crippen LogP contribution in [0.25, 0.3) is 16.8 Å². The molecule has 0 radical (unpaired) electrons. The number of anilines is 1. The molecule has 0 bridgehead atoms. The number of rotatable bonds is 14. The molecule has 0 unspecified atom stereocenters. The summed E-state index contributed by atoms with van der Waals surface area (Å²) in [6, 6.07) is 20.1. The van der Waals surface area contributed by atoms with Gasteiger partial charge in [-0.2, -0.15) is 4.68 Å². The van der Waals surface area contributed by atoms with Crippen molar-refractivity contribution < 1.29 is 22.4 Å². The number of amides is 2. The molecule has 2 aromatic heterocycles. The van der Waals surface area contributed by atoms with Gasteiger partial charge in [0.25, 0.3) is 10.0 Å². The van der Waals surface area contributed by atoms with Crippen molar-refractivity contribution in [3.8, 4) is 16.8 Å². The second-order valence-corrected chi connectivity index (χ2v) is 13.7. The second-order valence-electron chi connectivity index (χ2n) is 11.7. The Morgan fingerprint density at radius 1 is 0.959 bits per heavy atom. The zero-order valence-electron chi connectivity index (χ0n) is 27.5. The summed E-state index contributed by atoms with van der Waals surface area (Å²) >= 11 is 6.54. The van der Waals surface area contributed by atoms with E-state index in [-0.39, 0.29) is 28.8 Å². The van der Waals surface area contributed by atoms with Gasteiger partial charge in [-0.25, -0.2) is 17.9 Å². The fourth-order valence-electron chi connectivity index (χ4n) is 5.33. The first-order chi connectivity index (χ1) is 23.5. The highest BCUT2D eigenvalue weighted by Crippen LogP contribution is 2.28. The van der Waals surface area contributed by atoms with Gasteiger partial charge in [0.1, 0.15) is 5.82 Å². The molecule has 2 heterocycles. The van der Waals surface area contributed by atoms with E-state index in [9.17, 15) is 22.8 Å². The maximum absolute atomic E-state index is 13.8. The molecule has 2 N–H and O–H groups in total. The molecule has 0 fully saturated rings. The fourth-order valence-corrected chi connectivity index (χ4v) is 6.70. The van der Waals surface area contributed by atoms with E-state index < -0.39 is 15.9 Å². The SMILES string of the molecule is CCCCC(=O)Nc1ccc(Cl)c(-n2nc(CCCC)n(Cc3ccc(-c4ccccc4S(=O)(=O)NC(=O)c4occc4C)cc3)c2=O)c1. The standard InChI is InChI=1S/C36H38ClN5O6S/c1-4-6-12-32-39-42(30-22-27(18-19-29(30)37)38-33(43)13-7-5-2)36(45)41(32)23-25-14-16-26(17-15-25)28-10-8-9-11-31(28)49(46,47)40-35(44)34-24(3)20-21-48-34/h8-11,14-22H,4-7,12-13,23H2,1-3H3,(H,38,43)(H,40,44). The number of benzene rings is 3. The number of unbranched alkanes of at least 4 members (excludes halogenated alkanes) is 2. The van der Waals surface area contributed by atoms with Crippen molar-refractivity contribution in [3.63, 3.8) is 0 Å². The van der Waals surface area contributed by atoms with Crippen LogP contribution in [0.3, 0.4) is 0 Å². The molecule has 0 atom stereocenters. The lowest BCUT2D eigenvalue weighted by molar-refractivity contribution is -0.116. The van der Waals surface area contributed by atoms with E-state index in [0.29, 0.717) is 51.8 Å². The van der Waals surface area contributed by atoms with Gasteiger partial charge in [0.2, 0.25) is 5.91 Å². The highest BCUT2D eigenvalue weighted by molar-refractivity contribution is 7.90. The minimum atomic E-state index is -4.25. The first kappa shape index (κ1) is 35.4. The minimum Gasteiger partial charge on any atom is -0.459 e. The average Bonchev–Trinajstić information content (AvgIpc) is 3.66. The Morgan fingerprint density at radius 2 is 1.69 bits per heavy atom. The molecule has 0 saturated carbocycles. The van der Waals surface area contributed by atoms with E-state index in [2.05, 4.69) is 22.1 Å². The van der Waals surface area contributed by atoms with Crippen LogP contribution < -0.4 is 15.7 Å². The summed E-state index contributed by atoms with van der Waals surface area (Å²) in [5, 5.41) is 7.84. The van der Waals surface area contributed by atoms with Crippen LogP contribution in [-0.2, 0) is 27.8 Å². The molecule has 13 heteroatoms. The predicted molar refractivity (Wildman–Crippen MR) is 189 cm³/mol. The summed E-state index contributed by atoms with van der Waals surface area (Å²) < 4.78 is 36.8. The van der Waals surface area contributed by atoms with Crippen molar-refractivity contribution >= 4 is 39.1 Å². The first-order valence-corrected chi connectivity index (χ1v) is 18.0. The van der Waals surface area contributed by atoms with Gasteiger partial charge in [-0.3, -0.25) is 14.2 Å². The van der Waals surface area contributed by atoms with Gasteiger partial charge in [-0.05, 0) is 61.2 Å². The monoisotopic (exact) mass is 703 g/mol. The van der Waals surface area contributed by atoms with Gasteiger partial charge in [0.15, 0.2) is 5.76 Å². The number of nitrogens with one attached hydrogen (secondary N) is 2. The molecular formula is C36H38ClN5O6S. The van der Waals surface area contributed by atoms with E-state index >= 15 is 0 Å². The summed E-state index contributed by atoms with van der Waals surface area (Å²) in [7, 11) is -4.25. The maximum atomic E-state index is 13.8. The van der Waals surface area contributed by atoms with Crippen LogP contribution in [0.2, 0.25) is 5.02 Å². The third kappa shape index (κ3) is 8.21. The number of hydrogen-bond acceptors (Lipinski definition) is 7. The number of carbonyl (C=O) groups is 2. The van der Waals surface area contributed by atoms with Crippen molar-refractivity contribution in [2.45, 2.75) is 70.7 Å². The molecule has 5 aromatic rings. The Labute approximate surface area is 290 Å². The number of sulfonamides is 1. The van der Waals surface area contributed by atoms with Crippen LogP contribution in [0.5, 0.6) is 0 Å². The van der Waals surface area contributed by atoms with Crippen LogP contribution in [0.15, 0.2) is 93.2 Å². The minimum absolute atomic E-state index is 0.0691. The first-order valence-electron chi connectivity index (χ1n) is 16.1. The third-order valence-corrected chi connectivity index (χ3v) is 9.69. The molecule has 2 amide bonds. The van der Waals surface area contributed by atoms with Crippen LogP contribution in [0.4, 0.5) is 5.69 Å². The molecule has 0 aliphatic rings. The topological polar surface area (TPSA) is 145 Å². The summed E-state index contributed by atoms with van der Waals surface area (Å²) in [5.74, 6) is -0.467. The van der Waals surface area contributed by atoms with Crippen molar-refractivity contribution in [1.29, 1.82) is 0 Å². The van der Waals surface area contributed by atoms with Crippen molar-refractivity contribution in [2.24, 2.45) is 0 Å². The Kier molecular flexibility index (Phi) is 11.2. The smallest absolute Gasteiger partial charge is 0.351 e. The number of carbonyl (C=O) groups excluding carboxylic acids is 2. The summed E-state index contributed by atoms with van der Waals surface area (Å²) in [6.07, 6.45) is 5.67. The molecule has 0 saturated heterocycles. The molecule has 11 nitrogen and oxygen atoms in total. The highest BCUT2D eigenvalue weighted by Gasteiger charge is 2.25. The Hall–Kier alpha value is -4.94. The van der Waals surface area contributed by atoms with Gasteiger partial charge in [-0.15, -0.1) is 5.10 Å². The second kappa shape index (κ2) is 15.5. The van der Waals surface area contributed by atoms with Gasteiger partial charge in [-0.1, -0.05) is 80.8 Å². The molecule has 5 rings (SSSR count). The Bertz CT molecular complexity index is 2130. The zero-order valence-corrected chi connectivity index (χ0v) is 29.1. The Balaban J connectivity index is 1.42. The van der Waals surface area contributed by atoms with Crippen LogP contribution in [-0.4, -0.2) is 34.6 Å². The average molecular weight is 704 g/mol. The van der Waals surface area contributed by atoms with Crippen molar-refractivity contribution in [3.05, 3.63) is 117 Å². The quantitative estimate of drug-likeness (QED) is 0.128. The van der Waals surface area contributed by atoms with Crippen molar-refractivity contribution in [1.82, 2.24) is 19.1 Å². The molecule has 49 heavy (non-hydrogen) atoms. The number of aromatic nitrogens is 3. The number of aryl methyl sites for hydroxylation is 2. The van der Waals surface area contributed by atoms with E-state index in [1.807, 2.05) is 19.1 Å². The summed E-state index contributed by atoms with van der Waals surface area (Å²) in [4.78, 5) is 38.8. The van der Waals surface area contributed by atoms with Gasteiger partial charge >= 0.3 is 11.6 Å². The predicted octanol–water partition coefficient (Wildman–Crippen LogP) is 6.89. The highest BCUT2D eigenvalue weighted by atomic mass is 35.5. The van der Waals surface area contributed by atoms with Gasteiger partial charge in [0, 0.05) is 29.7 Å². The third-order valence-electron chi connectivity index (χ3n) is 7.99. The molecule has 0 aliphatic heterocycles. The number of nitrogens with zero attached hydrogens (tertiary/aromatic N) is 3. The van der Waals surface area contributed by atoms with Crippen molar-refractivity contribution in [2.75, 3.05) is 5.32 Å². The maximum Gasteiger partial charge on any atom is 0.351 e. The molecule has 0 spiro atoms. The number of furan rings is 1. The van der Waals surface area contributed by atoms with Crippen LogP contribution >= 0.6 is 11.6 Å². The van der Waals surface area contributed by atoms with E-state index in [0.717, 1.165) is 31.2 Å².